The highest BCUT2D eigenvalue weighted by molar-refractivity contribution is 9.10. The van der Waals surface area contributed by atoms with Crippen LogP contribution in [0.15, 0.2) is 22.9 Å². The molecule has 0 aliphatic heterocycles. The first-order valence-corrected chi connectivity index (χ1v) is 7.82. The van der Waals surface area contributed by atoms with E-state index in [0.717, 1.165) is 40.9 Å². The summed E-state index contributed by atoms with van der Waals surface area (Å²) in [6, 6.07) is 1.88. The summed E-state index contributed by atoms with van der Waals surface area (Å²) in [6.07, 6.45) is 5.32. The second kappa shape index (κ2) is 6.39. The highest BCUT2D eigenvalue weighted by Crippen LogP contribution is 2.23. The Balaban J connectivity index is 2.27. The highest BCUT2D eigenvalue weighted by atomic mass is 79.9. The fourth-order valence-electron chi connectivity index (χ4n) is 2.25. The lowest BCUT2D eigenvalue weighted by molar-refractivity contribution is 0.0988. The Morgan fingerprint density at radius 2 is 2.10 bits per heavy atom. The third kappa shape index (κ3) is 2.87. The molecule has 2 rings (SSSR count). The molecule has 0 N–H and O–H groups in total. The van der Waals surface area contributed by atoms with Crippen molar-refractivity contribution in [3.05, 3.63) is 39.9 Å². The van der Waals surface area contributed by atoms with Crippen LogP contribution >= 0.6 is 15.9 Å². The SMILES string of the molecule is CCC(=O)c1ccn(Cc2c(Br)c(CC)nn2CC)c1. The number of carbonyl (C=O) groups is 1. The zero-order chi connectivity index (χ0) is 14.7. The summed E-state index contributed by atoms with van der Waals surface area (Å²) in [5.74, 6) is 0.182. The van der Waals surface area contributed by atoms with Crippen molar-refractivity contribution in [2.24, 2.45) is 0 Å². The van der Waals surface area contributed by atoms with Crippen molar-refractivity contribution in [1.82, 2.24) is 14.3 Å². The molecule has 0 amide bonds. The number of carbonyl (C=O) groups excluding carboxylic acids is 1. The van der Waals surface area contributed by atoms with Crippen LogP contribution in [-0.4, -0.2) is 20.1 Å². The van der Waals surface area contributed by atoms with Crippen molar-refractivity contribution < 1.29 is 4.79 Å². The van der Waals surface area contributed by atoms with Crippen LogP contribution in [0.5, 0.6) is 0 Å². The summed E-state index contributed by atoms with van der Waals surface area (Å²) < 4.78 is 5.14. The monoisotopic (exact) mass is 337 g/mol. The molecule has 0 saturated heterocycles. The molecule has 2 aromatic heterocycles. The van der Waals surface area contributed by atoms with Crippen molar-refractivity contribution in [3.63, 3.8) is 0 Å². The zero-order valence-corrected chi connectivity index (χ0v) is 13.8. The fraction of sp³-hybridized carbons (Fsp3) is 0.467. The van der Waals surface area contributed by atoms with Gasteiger partial charge in [-0.1, -0.05) is 13.8 Å². The van der Waals surface area contributed by atoms with Gasteiger partial charge < -0.3 is 4.57 Å². The van der Waals surface area contributed by atoms with E-state index in [9.17, 15) is 4.79 Å². The van der Waals surface area contributed by atoms with Gasteiger partial charge >= 0.3 is 0 Å². The lowest BCUT2D eigenvalue weighted by Crippen LogP contribution is -2.07. The molecule has 4 nitrogen and oxygen atoms in total. The van der Waals surface area contributed by atoms with Gasteiger partial charge in [-0.15, -0.1) is 0 Å². The van der Waals surface area contributed by atoms with Gasteiger partial charge in [-0.05, 0) is 35.3 Å². The maximum absolute atomic E-state index is 11.7. The molecule has 0 unspecified atom stereocenters. The lowest BCUT2D eigenvalue weighted by Gasteiger charge is -2.06. The van der Waals surface area contributed by atoms with Gasteiger partial charge in [-0.25, -0.2) is 0 Å². The molecule has 5 heteroatoms. The van der Waals surface area contributed by atoms with Crippen molar-refractivity contribution in [3.8, 4) is 0 Å². The van der Waals surface area contributed by atoms with Crippen molar-refractivity contribution >= 4 is 21.7 Å². The summed E-state index contributed by atoms with van der Waals surface area (Å²) in [7, 11) is 0. The van der Waals surface area contributed by atoms with Crippen LogP contribution in [-0.2, 0) is 19.5 Å². The van der Waals surface area contributed by atoms with E-state index in [1.807, 2.05) is 34.6 Å². The van der Waals surface area contributed by atoms with Gasteiger partial charge in [0, 0.05) is 30.9 Å². The molecule has 0 saturated carbocycles. The number of ketones is 1. The zero-order valence-electron chi connectivity index (χ0n) is 12.2. The van der Waals surface area contributed by atoms with Crippen LogP contribution in [0.1, 0.15) is 48.9 Å². The number of rotatable bonds is 6. The maximum atomic E-state index is 11.7. The first kappa shape index (κ1) is 15.0. The molecule has 2 aromatic rings. The number of nitrogens with zero attached hydrogens (tertiary/aromatic N) is 3. The number of hydrogen-bond acceptors (Lipinski definition) is 2. The van der Waals surface area contributed by atoms with Crippen LogP contribution in [0.2, 0.25) is 0 Å². The van der Waals surface area contributed by atoms with Crippen molar-refractivity contribution in [1.29, 1.82) is 0 Å². The third-order valence-corrected chi connectivity index (χ3v) is 4.34. The Morgan fingerprint density at radius 1 is 1.35 bits per heavy atom. The summed E-state index contributed by atoms with van der Waals surface area (Å²) in [5.41, 5.74) is 3.01. The minimum Gasteiger partial charge on any atom is -0.348 e. The third-order valence-electron chi connectivity index (χ3n) is 3.42. The summed E-state index contributed by atoms with van der Waals surface area (Å²) in [5, 5.41) is 4.59. The lowest BCUT2D eigenvalue weighted by atomic mass is 10.2. The average Bonchev–Trinajstić information content (AvgIpc) is 3.04. The molecule has 0 spiro atoms. The van der Waals surface area contributed by atoms with Gasteiger partial charge in [0.25, 0.3) is 0 Å². The predicted octanol–water partition coefficient (Wildman–Crippen LogP) is 3.67. The molecule has 2 heterocycles. The largest absolute Gasteiger partial charge is 0.348 e. The minimum atomic E-state index is 0.182. The number of aromatic nitrogens is 3. The van der Waals surface area contributed by atoms with E-state index in [2.05, 4.69) is 34.9 Å². The van der Waals surface area contributed by atoms with E-state index in [1.165, 1.54) is 0 Å². The van der Waals surface area contributed by atoms with Crippen LogP contribution in [0.25, 0.3) is 0 Å². The molecular formula is C15H20BrN3O. The van der Waals surface area contributed by atoms with E-state index >= 15 is 0 Å². The van der Waals surface area contributed by atoms with Crippen LogP contribution in [0, 0.1) is 0 Å². The minimum absolute atomic E-state index is 0.182. The smallest absolute Gasteiger partial charge is 0.164 e. The Hall–Kier alpha value is -1.36. The molecule has 20 heavy (non-hydrogen) atoms. The molecule has 0 aliphatic rings. The second-order valence-electron chi connectivity index (χ2n) is 4.73. The summed E-state index contributed by atoms with van der Waals surface area (Å²) >= 11 is 3.65. The van der Waals surface area contributed by atoms with Crippen molar-refractivity contribution in [2.75, 3.05) is 0 Å². The topological polar surface area (TPSA) is 39.8 Å². The van der Waals surface area contributed by atoms with E-state index in [0.29, 0.717) is 6.42 Å². The fourth-order valence-corrected chi connectivity index (χ4v) is 2.94. The van der Waals surface area contributed by atoms with E-state index in [1.54, 1.807) is 0 Å². The predicted molar refractivity (Wildman–Crippen MR) is 83.1 cm³/mol. The van der Waals surface area contributed by atoms with Gasteiger partial charge in [0.1, 0.15) is 0 Å². The average molecular weight is 338 g/mol. The molecule has 0 aromatic carbocycles. The van der Waals surface area contributed by atoms with E-state index in [4.69, 9.17) is 0 Å². The molecular weight excluding hydrogens is 318 g/mol. The van der Waals surface area contributed by atoms with Gasteiger partial charge in [0.2, 0.25) is 0 Å². The summed E-state index contributed by atoms with van der Waals surface area (Å²) in [6.45, 7) is 7.64. The Morgan fingerprint density at radius 3 is 2.70 bits per heavy atom. The number of aryl methyl sites for hydroxylation is 2. The number of halogens is 1. The molecule has 0 aliphatic carbocycles. The number of Topliss-reactive ketones (excluding diaryl/α,β-unsaturated/α-hetero) is 1. The Kier molecular flexibility index (Phi) is 4.81. The Labute approximate surface area is 127 Å². The van der Waals surface area contributed by atoms with Gasteiger partial charge in [0.05, 0.1) is 22.4 Å². The van der Waals surface area contributed by atoms with Crippen LogP contribution < -0.4 is 0 Å². The Bertz CT molecular complexity index is 613. The van der Waals surface area contributed by atoms with Crippen LogP contribution in [0.4, 0.5) is 0 Å². The molecule has 0 radical (unpaired) electrons. The highest BCUT2D eigenvalue weighted by Gasteiger charge is 2.14. The first-order valence-electron chi connectivity index (χ1n) is 7.03. The van der Waals surface area contributed by atoms with Gasteiger partial charge in [0.15, 0.2) is 5.78 Å². The molecule has 108 valence electrons. The van der Waals surface area contributed by atoms with Gasteiger partial charge in [-0.3, -0.25) is 9.48 Å². The normalized spacial score (nSPS) is 11.0. The first-order chi connectivity index (χ1) is 9.60. The standard InChI is InChI=1S/C15H20BrN3O/c1-4-12-15(16)13(19(6-3)17-12)10-18-8-7-11(9-18)14(20)5-2/h7-9H,4-6,10H2,1-3H3. The van der Waals surface area contributed by atoms with E-state index < -0.39 is 0 Å². The summed E-state index contributed by atoms with van der Waals surface area (Å²) in [4.78, 5) is 11.7. The van der Waals surface area contributed by atoms with E-state index in [-0.39, 0.29) is 5.78 Å². The van der Waals surface area contributed by atoms with Crippen LogP contribution in [0.3, 0.4) is 0 Å². The number of hydrogen-bond donors (Lipinski definition) is 0. The molecule has 0 fully saturated rings. The van der Waals surface area contributed by atoms with Crippen molar-refractivity contribution in [2.45, 2.75) is 46.7 Å². The van der Waals surface area contributed by atoms with Gasteiger partial charge in [-0.2, -0.15) is 5.10 Å². The second-order valence-corrected chi connectivity index (χ2v) is 5.52. The molecule has 0 bridgehead atoms. The quantitative estimate of drug-likeness (QED) is 0.754. The maximum Gasteiger partial charge on any atom is 0.164 e. The molecule has 0 atom stereocenters.